The molecule has 0 unspecified atom stereocenters. The summed E-state index contributed by atoms with van der Waals surface area (Å²) in [4.78, 5) is 20.2. The highest BCUT2D eigenvalue weighted by atomic mass is 19.1. The minimum Gasteiger partial charge on any atom is -0.438 e. The van der Waals surface area contributed by atoms with E-state index in [9.17, 15) is 13.6 Å². The molecule has 0 saturated carbocycles. The number of urea groups is 1. The SMILES string of the molecule is CN(C)C(=O)N1CCC[C@@H]1c1nc2cc(-c3ccc(F)cc3F)ccc2o1. The fraction of sp³-hybridized carbons (Fsp3) is 0.300. The molecule has 5 nitrogen and oxygen atoms in total. The van der Waals surface area contributed by atoms with Gasteiger partial charge in [0.25, 0.3) is 0 Å². The summed E-state index contributed by atoms with van der Waals surface area (Å²) in [6.07, 6.45) is 1.67. The third kappa shape index (κ3) is 3.13. The summed E-state index contributed by atoms with van der Waals surface area (Å²) in [5.74, 6) is -0.765. The first-order valence-electron chi connectivity index (χ1n) is 8.78. The molecule has 27 heavy (non-hydrogen) atoms. The van der Waals surface area contributed by atoms with Crippen LogP contribution < -0.4 is 0 Å². The lowest BCUT2D eigenvalue weighted by Gasteiger charge is -2.25. The topological polar surface area (TPSA) is 49.6 Å². The van der Waals surface area contributed by atoms with Crippen molar-refractivity contribution in [3.8, 4) is 11.1 Å². The molecule has 1 saturated heterocycles. The molecule has 2 amide bonds. The van der Waals surface area contributed by atoms with Gasteiger partial charge in [-0.3, -0.25) is 0 Å². The van der Waals surface area contributed by atoms with E-state index < -0.39 is 11.6 Å². The zero-order chi connectivity index (χ0) is 19.1. The standard InChI is InChI=1S/C20H19F2N3O2/c1-24(2)20(26)25-9-3-4-17(25)19-23-16-10-12(5-8-18(16)27-19)14-7-6-13(21)11-15(14)22/h5-8,10-11,17H,3-4,9H2,1-2H3/t17-/m1/s1. The van der Waals surface area contributed by atoms with Crippen molar-refractivity contribution >= 4 is 17.1 Å². The lowest BCUT2D eigenvalue weighted by atomic mass is 10.0. The molecule has 0 bridgehead atoms. The molecule has 1 aliphatic rings. The minimum atomic E-state index is -0.628. The van der Waals surface area contributed by atoms with Crippen LogP contribution in [0.1, 0.15) is 24.8 Å². The molecule has 4 rings (SSSR count). The lowest BCUT2D eigenvalue weighted by molar-refractivity contribution is 0.159. The van der Waals surface area contributed by atoms with Gasteiger partial charge < -0.3 is 14.2 Å². The maximum Gasteiger partial charge on any atom is 0.320 e. The van der Waals surface area contributed by atoms with Gasteiger partial charge in [-0.15, -0.1) is 0 Å². The largest absolute Gasteiger partial charge is 0.438 e. The summed E-state index contributed by atoms with van der Waals surface area (Å²) in [6.45, 7) is 0.659. The van der Waals surface area contributed by atoms with Crippen LogP contribution in [-0.4, -0.2) is 41.5 Å². The number of nitrogens with zero attached hydrogens (tertiary/aromatic N) is 3. The van der Waals surface area contributed by atoms with E-state index in [0.29, 0.717) is 34.7 Å². The van der Waals surface area contributed by atoms with Gasteiger partial charge in [-0.1, -0.05) is 6.07 Å². The Morgan fingerprint density at radius 3 is 2.78 bits per heavy atom. The lowest BCUT2D eigenvalue weighted by Crippen LogP contribution is -2.38. The zero-order valence-electron chi connectivity index (χ0n) is 15.1. The van der Waals surface area contributed by atoms with Gasteiger partial charge in [-0.25, -0.2) is 18.6 Å². The summed E-state index contributed by atoms with van der Waals surface area (Å²) >= 11 is 0. The molecule has 1 fully saturated rings. The van der Waals surface area contributed by atoms with Gasteiger partial charge in [-0.05, 0) is 42.7 Å². The number of amides is 2. The number of likely N-dealkylation sites (tertiary alicyclic amines) is 1. The Bertz CT molecular complexity index is 1020. The van der Waals surface area contributed by atoms with E-state index in [1.807, 2.05) is 0 Å². The highest BCUT2D eigenvalue weighted by Crippen LogP contribution is 2.35. The van der Waals surface area contributed by atoms with E-state index >= 15 is 0 Å². The van der Waals surface area contributed by atoms with Crippen LogP contribution in [0.5, 0.6) is 0 Å². The average molecular weight is 371 g/mol. The van der Waals surface area contributed by atoms with E-state index in [1.165, 1.54) is 17.0 Å². The summed E-state index contributed by atoms with van der Waals surface area (Å²) in [7, 11) is 3.43. The molecule has 0 spiro atoms. The molecule has 1 atom stereocenters. The van der Waals surface area contributed by atoms with Crippen molar-refractivity contribution in [2.24, 2.45) is 0 Å². The molecule has 1 aliphatic heterocycles. The van der Waals surface area contributed by atoms with Crippen LogP contribution in [0.25, 0.3) is 22.2 Å². The summed E-state index contributed by atoms with van der Waals surface area (Å²) in [6, 6.07) is 8.35. The smallest absolute Gasteiger partial charge is 0.320 e. The predicted octanol–water partition coefficient (Wildman–Crippen LogP) is 4.59. The monoisotopic (exact) mass is 371 g/mol. The van der Waals surface area contributed by atoms with Crippen molar-refractivity contribution in [2.45, 2.75) is 18.9 Å². The quantitative estimate of drug-likeness (QED) is 0.662. The minimum absolute atomic E-state index is 0.0752. The van der Waals surface area contributed by atoms with Crippen LogP contribution >= 0.6 is 0 Å². The third-order valence-electron chi connectivity index (χ3n) is 4.81. The van der Waals surface area contributed by atoms with Gasteiger partial charge in [0.1, 0.15) is 23.2 Å². The summed E-state index contributed by atoms with van der Waals surface area (Å²) < 4.78 is 33.1. The van der Waals surface area contributed by atoms with Gasteiger partial charge in [0.15, 0.2) is 5.58 Å². The second-order valence-electron chi connectivity index (χ2n) is 6.89. The molecular weight excluding hydrogens is 352 g/mol. The van der Waals surface area contributed by atoms with E-state index in [4.69, 9.17) is 4.42 Å². The number of hydrogen-bond acceptors (Lipinski definition) is 3. The van der Waals surface area contributed by atoms with Gasteiger partial charge in [0, 0.05) is 32.3 Å². The molecule has 2 aromatic carbocycles. The van der Waals surface area contributed by atoms with E-state index in [-0.39, 0.29) is 12.1 Å². The van der Waals surface area contributed by atoms with Crippen LogP contribution in [0.15, 0.2) is 40.8 Å². The first kappa shape index (κ1) is 17.5. The van der Waals surface area contributed by atoms with E-state index in [1.54, 1.807) is 37.2 Å². The second kappa shape index (κ2) is 6.64. The fourth-order valence-corrected chi connectivity index (χ4v) is 3.49. The van der Waals surface area contributed by atoms with Gasteiger partial charge in [0.2, 0.25) is 5.89 Å². The zero-order valence-corrected chi connectivity index (χ0v) is 15.1. The molecule has 0 N–H and O–H groups in total. The van der Waals surface area contributed by atoms with Crippen molar-refractivity contribution in [1.82, 2.24) is 14.8 Å². The second-order valence-corrected chi connectivity index (χ2v) is 6.89. The maximum absolute atomic E-state index is 14.1. The van der Waals surface area contributed by atoms with Crippen molar-refractivity contribution < 1.29 is 18.0 Å². The number of rotatable bonds is 2. The van der Waals surface area contributed by atoms with Crippen LogP contribution in [0, 0.1) is 11.6 Å². The fourth-order valence-electron chi connectivity index (χ4n) is 3.49. The Kier molecular flexibility index (Phi) is 4.30. The highest BCUT2D eigenvalue weighted by Gasteiger charge is 2.34. The Hall–Kier alpha value is -2.96. The molecule has 3 aromatic rings. The number of benzene rings is 2. The first-order chi connectivity index (χ1) is 12.9. The van der Waals surface area contributed by atoms with Crippen LogP contribution in [0.4, 0.5) is 13.6 Å². The van der Waals surface area contributed by atoms with Gasteiger partial charge >= 0.3 is 6.03 Å². The molecule has 2 heterocycles. The van der Waals surface area contributed by atoms with Crippen molar-refractivity contribution in [3.05, 3.63) is 53.9 Å². The molecular formula is C20H19F2N3O2. The number of aromatic nitrogens is 1. The van der Waals surface area contributed by atoms with Crippen molar-refractivity contribution in [2.75, 3.05) is 20.6 Å². The average Bonchev–Trinajstić information content (AvgIpc) is 3.26. The molecule has 0 aliphatic carbocycles. The maximum atomic E-state index is 14.1. The van der Waals surface area contributed by atoms with Crippen LogP contribution in [-0.2, 0) is 0 Å². The summed E-state index contributed by atoms with van der Waals surface area (Å²) in [5, 5.41) is 0. The number of hydrogen-bond donors (Lipinski definition) is 0. The van der Waals surface area contributed by atoms with Crippen molar-refractivity contribution in [1.29, 1.82) is 0 Å². The molecule has 0 radical (unpaired) electrons. The normalized spacial score (nSPS) is 16.9. The van der Waals surface area contributed by atoms with Crippen LogP contribution in [0.2, 0.25) is 0 Å². The number of oxazole rings is 1. The number of fused-ring (bicyclic) bond motifs is 1. The van der Waals surface area contributed by atoms with Gasteiger partial charge in [-0.2, -0.15) is 0 Å². The Morgan fingerprint density at radius 2 is 2.04 bits per heavy atom. The third-order valence-corrected chi connectivity index (χ3v) is 4.81. The van der Waals surface area contributed by atoms with E-state index in [2.05, 4.69) is 4.98 Å². The highest BCUT2D eigenvalue weighted by molar-refractivity contribution is 5.81. The van der Waals surface area contributed by atoms with E-state index in [0.717, 1.165) is 18.9 Å². The molecule has 7 heteroatoms. The number of halogens is 2. The Labute approximate surface area is 155 Å². The van der Waals surface area contributed by atoms with Crippen LogP contribution in [0.3, 0.4) is 0 Å². The Morgan fingerprint density at radius 1 is 1.22 bits per heavy atom. The number of carbonyl (C=O) groups excluding carboxylic acids is 1. The van der Waals surface area contributed by atoms with Gasteiger partial charge in [0.05, 0.1) is 0 Å². The Balaban J connectivity index is 1.70. The van der Waals surface area contributed by atoms with Crippen molar-refractivity contribution in [3.63, 3.8) is 0 Å². The number of carbonyl (C=O) groups is 1. The predicted molar refractivity (Wildman–Crippen MR) is 97.1 cm³/mol. The first-order valence-corrected chi connectivity index (χ1v) is 8.78. The molecule has 140 valence electrons. The summed E-state index contributed by atoms with van der Waals surface area (Å²) in [5.41, 5.74) is 2.04. The molecule has 1 aromatic heterocycles.